The standard InChI is InChI=1S/C15H19N3O/c1-18-9-12-13(17-18)8-7-11-6-5-10(15(11)12)3-2-4-14(16)19/h7-10H,2-6H2,1H3,(H2,16,19)/t10-/m0/s1. The van der Waals surface area contributed by atoms with Crippen LogP contribution in [0.15, 0.2) is 18.3 Å². The van der Waals surface area contributed by atoms with Crippen LogP contribution in [-0.4, -0.2) is 15.7 Å². The van der Waals surface area contributed by atoms with Crippen molar-refractivity contribution in [3.05, 3.63) is 29.5 Å². The normalized spacial score (nSPS) is 17.8. The Balaban J connectivity index is 1.89. The minimum atomic E-state index is -0.196. The Morgan fingerprint density at radius 3 is 3.16 bits per heavy atom. The fourth-order valence-electron chi connectivity index (χ4n) is 3.26. The Hall–Kier alpha value is -1.84. The van der Waals surface area contributed by atoms with Crippen LogP contribution in [-0.2, 0) is 18.3 Å². The van der Waals surface area contributed by atoms with E-state index >= 15 is 0 Å². The van der Waals surface area contributed by atoms with E-state index in [1.165, 1.54) is 22.9 Å². The van der Waals surface area contributed by atoms with Crippen molar-refractivity contribution >= 4 is 16.8 Å². The maximum Gasteiger partial charge on any atom is 0.217 e. The Bertz CT molecular complexity index is 630. The van der Waals surface area contributed by atoms with Crippen molar-refractivity contribution in [3.63, 3.8) is 0 Å². The van der Waals surface area contributed by atoms with Crippen LogP contribution in [0.4, 0.5) is 0 Å². The summed E-state index contributed by atoms with van der Waals surface area (Å²) >= 11 is 0. The molecule has 1 aliphatic rings. The van der Waals surface area contributed by atoms with Gasteiger partial charge in [-0.05, 0) is 48.8 Å². The van der Waals surface area contributed by atoms with Crippen LogP contribution in [0.25, 0.3) is 10.9 Å². The molecule has 0 saturated carbocycles. The summed E-state index contributed by atoms with van der Waals surface area (Å²) in [6, 6.07) is 4.32. The van der Waals surface area contributed by atoms with Gasteiger partial charge in [-0.2, -0.15) is 5.10 Å². The van der Waals surface area contributed by atoms with Gasteiger partial charge >= 0.3 is 0 Å². The van der Waals surface area contributed by atoms with Gasteiger partial charge in [0, 0.05) is 25.1 Å². The van der Waals surface area contributed by atoms with Crippen molar-refractivity contribution < 1.29 is 4.79 Å². The average Bonchev–Trinajstić information content (AvgIpc) is 2.90. The lowest BCUT2D eigenvalue weighted by molar-refractivity contribution is -0.118. The summed E-state index contributed by atoms with van der Waals surface area (Å²) in [6.45, 7) is 0. The van der Waals surface area contributed by atoms with Gasteiger partial charge in [0.15, 0.2) is 0 Å². The molecule has 1 atom stereocenters. The Kier molecular flexibility index (Phi) is 3.01. The Morgan fingerprint density at radius 2 is 2.37 bits per heavy atom. The van der Waals surface area contributed by atoms with E-state index in [4.69, 9.17) is 5.73 Å². The molecule has 0 bridgehead atoms. The van der Waals surface area contributed by atoms with Crippen molar-refractivity contribution in [2.45, 2.75) is 38.0 Å². The van der Waals surface area contributed by atoms with Crippen molar-refractivity contribution in [1.82, 2.24) is 9.78 Å². The lowest BCUT2D eigenvalue weighted by Gasteiger charge is -2.11. The largest absolute Gasteiger partial charge is 0.370 e. The first kappa shape index (κ1) is 12.2. The molecule has 19 heavy (non-hydrogen) atoms. The number of fused-ring (bicyclic) bond motifs is 3. The minimum absolute atomic E-state index is 0.196. The van der Waals surface area contributed by atoms with E-state index in [0.717, 1.165) is 24.8 Å². The zero-order valence-electron chi connectivity index (χ0n) is 11.2. The number of aryl methyl sites for hydroxylation is 2. The van der Waals surface area contributed by atoms with Crippen LogP contribution in [0.1, 0.15) is 42.7 Å². The smallest absolute Gasteiger partial charge is 0.217 e. The molecule has 0 radical (unpaired) electrons. The molecule has 0 spiro atoms. The number of aromatic nitrogens is 2. The molecule has 0 saturated heterocycles. The maximum atomic E-state index is 10.8. The number of rotatable bonds is 4. The minimum Gasteiger partial charge on any atom is -0.370 e. The van der Waals surface area contributed by atoms with Crippen molar-refractivity contribution in [2.24, 2.45) is 12.8 Å². The first-order valence-electron chi connectivity index (χ1n) is 6.88. The topological polar surface area (TPSA) is 60.9 Å². The monoisotopic (exact) mass is 257 g/mol. The quantitative estimate of drug-likeness (QED) is 0.913. The first-order chi connectivity index (χ1) is 9.15. The molecule has 2 N–H and O–H groups in total. The number of hydrogen-bond acceptors (Lipinski definition) is 2. The van der Waals surface area contributed by atoms with Crippen LogP contribution >= 0.6 is 0 Å². The van der Waals surface area contributed by atoms with E-state index in [1.54, 1.807) is 0 Å². The molecule has 2 aromatic rings. The van der Waals surface area contributed by atoms with E-state index < -0.39 is 0 Å². The number of carbonyl (C=O) groups is 1. The highest BCUT2D eigenvalue weighted by atomic mass is 16.1. The molecule has 1 amide bonds. The number of hydrogen-bond donors (Lipinski definition) is 1. The number of carbonyl (C=O) groups excluding carboxylic acids is 1. The molecular weight excluding hydrogens is 238 g/mol. The zero-order chi connectivity index (χ0) is 13.4. The van der Waals surface area contributed by atoms with Crippen molar-refractivity contribution in [2.75, 3.05) is 0 Å². The molecule has 4 heteroatoms. The van der Waals surface area contributed by atoms with E-state index in [-0.39, 0.29) is 5.91 Å². The number of amides is 1. The average molecular weight is 257 g/mol. The molecule has 0 fully saturated rings. The van der Waals surface area contributed by atoms with Crippen LogP contribution in [0.3, 0.4) is 0 Å². The van der Waals surface area contributed by atoms with Gasteiger partial charge in [0.25, 0.3) is 0 Å². The molecule has 0 unspecified atom stereocenters. The molecule has 100 valence electrons. The van der Waals surface area contributed by atoms with Gasteiger partial charge in [-0.1, -0.05) is 6.07 Å². The first-order valence-corrected chi connectivity index (χ1v) is 6.88. The van der Waals surface area contributed by atoms with Gasteiger partial charge in [-0.15, -0.1) is 0 Å². The van der Waals surface area contributed by atoms with Crippen LogP contribution in [0, 0.1) is 0 Å². The van der Waals surface area contributed by atoms with Gasteiger partial charge in [-0.3, -0.25) is 9.48 Å². The molecular formula is C15H19N3O. The molecule has 1 aromatic carbocycles. The molecule has 1 heterocycles. The van der Waals surface area contributed by atoms with Crippen LogP contribution < -0.4 is 5.73 Å². The highest BCUT2D eigenvalue weighted by Gasteiger charge is 2.25. The maximum absolute atomic E-state index is 10.8. The predicted molar refractivity (Wildman–Crippen MR) is 74.8 cm³/mol. The highest BCUT2D eigenvalue weighted by Crippen LogP contribution is 2.40. The second kappa shape index (κ2) is 4.68. The van der Waals surface area contributed by atoms with Gasteiger partial charge < -0.3 is 5.73 Å². The summed E-state index contributed by atoms with van der Waals surface area (Å²) in [6.07, 6.45) is 6.86. The lowest BCUT2D eigenvalue weighted by Crippen LogP contribution is -2.10. The van der Waals surface area contributed by atoms with E-state index in [9.17, 15) is 4.79 Å². The molecule has 1 aliphatic carbocycles. The summed E-state index contributed by atoms with van der Waals surface area (Å²) in [5.74, 6) is 0.361. The zero-order valence-corrected chi connectivity index (χ0v) is 11.2. The third kappa shape index (κ3) is 2.23. The number of nitrogens with two attached hydrogens (primary N) is 1. The van der Waals surface area contributed by atoms with E-state index in [1.807, 2.05) is 11.7 Å². The van der Waals surface area contributed by atoms with Crippen molar-refractivity contribution in [1.29, 1.82) is 0 Å². The Labute approximate surface area is 112 Å². The predicted octanol–water partition coefficient (Wildman–Crippen LogP) is 2.26. The summed E-state index contributed by atoms with van der Waals surface area (Å²) in [4.78, 5) is 10.8. The fourth-order valence-corrected chi connectivity index (χ4v) is 3.26. The summed E-state index contributed by atoms with van der Waals surface area (Å²) in [7, 11) is 1.96. The summed E-state index contributed by atoms with van der Waals surface area (Å²) in [5, 5.41) is 5.76. The summed E-state index contributed by atoms with van der Waals surface area (Å²) in [5.41, 5.74) is 9.19. The van der Waals surface area contributed by atoms with E-state index in [0.29, 0.717) is 12.3 Å². The molecule has 3 rings (SSSR count). The second-order valence-corrected chi connectivity index (χ2v) is 5.47. The molecule has 1 aromatic heterocycles. The van der Waals surface area contributed by atoms with Crippen LogP contribution in [0.5, 0.6) is 0 Å². The van der Waals surface area contributed by atoms with Gasteiger partial charge in [0.05, 0.1) is 5.52 Å². The third-order valence-electron chi connectivity index (χ3n) is 4.08. The molecule has 4 nitrogen and oxygen atoms in total. The van der Waals surface area contributed by atoms with Gasteiger partial charge in [0.1, 0.15) is 0 Å². The van der Waals surface area contributed by atoms with Gasteiger partial charge in [-0.25, -0.2) is 0 Å². The van der Waals surface area contributed by atoms with Gasteiger partial charge in [0.2, 0.25) is 5.91 Å². The fraction of sp³-hybridized carbons (Fsp3) is 0.467. The number of nitrogens with zero attached hydrogens (tertiary/aromatic N) is 2. The Morgan fingerprint density at radius 1 is 1.53 bits per heavy atom. The van der Waals surface area contributed by atoms with Crippen LogP contribution in [0.2, 0.25) is 0 Å². The highest BCUT2D eigenvalue weighted by molar-refractivity contribution is 5.84. The number of primary amides is 1. The van der Waals surface area contributed by atoms with Crippen molar-refractivity contribution in [3.8, 4) is 0 Å². The lowest BCUT2D eigenvalue weighted by atomic mass is 9.93. The molecule has 0 aliphatic heterocycles. The second-order valence-electron chi connectivity index (χ2n) is 5.47. The summed E-state index contributed by atoms with van der Waals surface area (Å²) < 4.78 is 1.88. The third-order valence-corrected chi connectivity index (χ3v) is 4.08. The SMILES string of the molecule is Cn1cc2c3c(ccc2n1)CC[C@@H]3CCCC(N)=O. The number of benzene rings is 1. The van der Waals surface area contributed by atoms with E-state index in [2.05, 4.69) is 23.4 Å².